The summed E-state index contributed by atoms with van der Waals surface area (Å²) < 4.78 is 4.97. The molecule has 1 N–H and O–H groups in total. The zero-order valence-electron chi connectivity index (χ0n) is 11.7. The van der Waals surface area contributed by atoms with Crippen molar-refractivity contribution in [3.05, 3.63) is 35.4 Å². The van der Waals surface area contributed by atoms with Crippen molar-refractivity contribution < 1.29 is 14.3 Å². The van der Waals surface area contributed by atoms with E-state index in [-0.39, 0.29) is 12.5 Å². The van der Waals surface area contributed by atoms with Crippen LogP contribution in [0.4, 0.5) is 0 Å². The van der Waals surface area contributed by atoms with Crippen LogP contribution in [0.3, 0.4) is 0 Å². The fraction of sp³-hybridized carbons (Fsp3) is 0.467. The summed E-state index contributed by atoms with van der Waals surface area (Å²) in [6, 6.07) is 7.33. The number of esters is 1. The highest BCUT2D eigenvalue weighted by Crippen LogP contribution is 2.04. The molecule has 0 bridgehead atoms. The molecule has 19 heavy (non-hydrogen) atoms. The normalized spacial score (nSPS) is 10.3. The van der Waals surface area contributed by atoms with Gasteiger partial charge >= 0.3 is 5.97 Å². The van der Waals surface area contributed by atoms with E-state index in [4.69, 9.17) is 4.74 Å². The second-order valence-electron chi connectivity index (χ2n) is 4.81. The van der Waals surface area contributed by atoms with Crippen LogP contribution in [0, 0.1) is 5.92 Å². The molecule has 1 rings (SSSR count). The molecule has 4 heteroatoms. The van der Waals surface area contributed by atoms with Gasteiger partial charge in [0.1, 0.15) is 6.54 Å². The third-order valence-electron chi connectivity index (χ3n) is 2.60. The lowest BCUT2D eigenvalue weighted by molar-refractivity contribution is -0.143. The van der Waals surface area contributed by atoms with Crippen LogP contribution in [0.1, 0.15) is 36.7 Å². The molecule has 0 atom stereocenters. The predicted octanol–water partition coefficient (Wildman–Crippen LogP) is 2.18. The Bertz CT molecular complexity index is 424. The monoisotopic (exact) mass is 263 g/mol. The lowest BCUT2D eigenvalue weighted by Gasteiger charge is -2.08. The third kappa shape index (κ3) is 5.55. The van der Waals surface area contributed by atoms with E-state index in [2.05, 4.69) is 12.2 Å². The van der Waals surface area contributed by atoms with Gasteiger partial charge in [-0.15, -0.1) is 0 Å². The van der Waals surface area contributed by atoms with Gasteiger partial charge in [0.15, 0.2) is 0 Å². The number of ether oxygens (including phenoxy) is 1. The highest BCUT2D eigenvalue weighted by atomic mass is 16.5. The van der Waals surface area contributed by atoms with Gasteiger partial charge in [0.25, 0.3) is 5.91 Å². The van der Waals surface area contributed by atoms with Gasteiger partial charge in [0.05, 0.1) is 6.61 Å². The molecular formula is C15H21NO3. The number of rotatable bonds is 6. The fourth-order valence-corrected chi connectivity index (χ4v) is 1.46. The van der Waals surface area contributed by atoms with E-state index in [0.29, 0.717) is 18.1 Å². The smallest absolute Gasteiger partial charge is 0.325 e. The van der Waals surface area contributed by atoms with Crippen molar-refractivity contribution in [2.24, 2.45) is 5.92 Å². The maximum atomic E-state index is 11.8. The van der Waals surface area contributed by atoms with Crippen LogP contribution in [-0.4, -0.2) is 25.0 Å². The molecule has 4 nitrogen and oxygen atoms in total. The molecular weight excluding hydrogens is 242 g/mol. The quantitative estimate of drug-likeness (QED) is 0.800. The van der Waals surface area contributed by atoms with Gasteiger partial charge in [-0.05, 0) is 30.0 Å². The zero-order valence-corrected chi connectivity index (χ0v) is 11.7. The second-order valence-corrected chi connectivity index (χ2v) is 4.81. The summed E-state index contributed by atoms with van der Waals surface area (Å²) in [5, 5.41) is 2.55. The first-order valence-electron chi connectivity index (χ1n) is 6.55. The first-order chi connectivity index (χ1) is 9.02. The number of hydrogen-bond donors (Lipinski definition) is 1. The minimum absolute atomic E-state index is 0.0961. The first kappa shape index (κ1) is 15.2. The second kappa shape index (κ2) is 7.56. The SMILES string of the molecule is CCc1ccc(C(=O)NCC(=O)OCC(C)C)cc1. The summed E-state index contributed by atoms with van der Waals surface area (Å²) in [6.45, 7) is 6.25. The molecule has 0 saturated heterocycles. The van der Waals surface area contributed by atoms with Crippen molar-refractivity contribution in [3.8, 4) is 0 Å². The Hall–Kier alpha value is -1.84. The molecule has 0 saturated carbocycles. The fourth-order valence-electron chi connectivity index (χ4n) is 1.46. The van der Waals surface area contributed by atoms with Gasteiger partial charge in [-0.2, -0.15) is 0 Å². The molecule has 0 aliphatic carbocycles. The van der Waals surface area contributed by atoms with E-state index in [1.165, 1.54) is 5.56 Å². The number of nitrogens with one attached hydrogen (secondary N) is 1. The van der Waals surface area contributed by atoms with Gasteiger partial charge in [0.2, 0.25) is 0 Å². The van der Waals surface area contributed by atoms with Crippen molar-refractivity contribution in [3.63, 3.8) is 0 Å². The van der Waals surface area contributed by atoms with Crippen molar-refractivity contribution in [1.82, 2.24) is 5.32 Å². The Labute approximate surface area is 114 Å². The number of carbonyl (C=O) groups excluding carboxylic acids is 2. The summed E-state index contributed by atoms with van der Waals surface area (Å²) in [5.41, 5.74) is 1.72. The van der Waals surface area contributed by atoms with Crippen LogP contribution in [0.5, 0.6) is 0 Å². The van der Waals surface area contributed by atoms with Crippen molar-refractivity contribution in [1.29, 1.82) is 0 Å². The third-order valence-corrected chi connectivity index (χ3v) is 2.60. The molecule has 1 aromatic carbocycles. The van der Waals surface area contributed by atoms with Crippen LogP contribution in [-0.2, 0) is 16.0 Å². The lowest BCUT2D eigenvalue weighted by atomic mass is 10.1. The Morgan fingerprint density at radius 1 is 1.21 bits per heavy atom. The highest BCUT2D eigenvalue weighted by molar-refractivity contribution is 5.95. The number of aryl methyl sites for hydroxylation is 1. The average Bonchev–Trinajstić information content (AvgIpc) is 2.42. The summed E-state index contributed by atoms with van der Waals surface area (Å²) in [6.07, 6.45) is 0.934. The molecule has 0 spiro atoms. The van der Waals surface area contributed by atoms with Crippen molar-refractivity contribution >= 4 is 11.9 Å². The number of amides is 1. The van der Waals surface area contributed by atoms with Gasteiger partial charge < -0.3 is 10.1 Å². The molecule has 0 unspecified atom stereocenters. The molecule has 0 aliphatic heterocycles. The minimum Gasteiger partial charge on any atom is -0.464 e. The number of hydrogen-bond acceptors (Lipinski definition) is 3. The summed E-state index contributed by atoms with van der Waals surface area (Å²) in [7, 11) is 0. The van der Waals surface area contributed by atoms with Crippen LogP contribution >= 0.6 is 0 Å². The molecule has 1 amide bonds. The van der Waals surface area contributed by atoms with E-state index in [1.807, 2.05) is 26.0 Å². The van der Waals surface area contributed by atoms with Gasteiger partial charge in [-0.1, -0.05) is 32.9 Å². The molecule has 0 aliphatic rings. The van der Waals surface area contributed by atoms with Crippen molar-refractivity contribution in [2.45, 2.75) is 27.2 Å². The molecule has 0 radical (unpaired) electrons. The van der Waals surface area contributed by atoms with Gasteiger partial charge in [-0.3, -0.25) is 9.59 Å². The maximum absolute atomic E-state index is 11.8. The van der Waals surface area contributed by atoms with Crippen LogP contribution in [0.25, 0.3) is 0 Å². The Balaban J connectivity index is 2.40. The van der Waals surface area contributed by atoms with Crippen LogP contribution in [0.15, 0.2) is 24.3 Å². The van der Waals surface area contributed by atoms with E-state index < -0.39 is 5.97 Å². The lowest BCUT2D eigenvalue weighted by Crippen LogP contribution is -2.31. The van der Waals surface area contributed by atoms with E-state index in [9.17, 15) is 9.59 Å². The Morgan fingerprint density at radius 2 is 1.84 bits per heavy atom. The van der Waals surface area contributed by atoms with Gasteiger partial charge in [-0.25, -0.2) is 0 Å². The molecule has 0 aromatic heterocycles. The number of carbonyl (C=O) groups is 2. The standard InChI is InChI=1S/C15H21NO3/c1-4-12-5-7-13(8-6-12)15(18)16-9-14(17)19-10-11(2)3/h5-8,11H,4,9-10H2,1-3H3,(H,16,18). The van der Waals surface area contributed by atoms with E-state index in [1.54, 1.807) is 12.1 Å². The molecule has 104 valence electrons. The van der Waals surface area contributed by atoms with Crippen LogP contribution in [0.2, 0.25) is 0 Å². The largest absolute Gasteiger partial charge is 0.464 e. The average molecular weight is 263 g/mol. The predicted molar refractivity (Wildman–Crippen MR) is 74.0 cm³/mol. The van der Waals surface area contributed by atoms with E-state index in [0.717, 1.165) is 6.42 Å². The summed E-state index contributed by atoms with van der Waals surface area (Å²) >= 11 is 0. The number of benzene rings is 1. The molecule has 0 fully saturated rings. The van der Waals surface area contributed by atoms with Crippen LogP contribution < -0.4 is 5.32 Å². The maximum Gasteiger partial charge on any atom is 0.325 e. The topological polar surface area (TPSA) is 55.4 Å². The van der Waals surface area contributed by atoms with E-state index >= 15 is 0 Å². The Kier molecular flexibility index (Phi) is 6.06. The molecule has 1 aromatic rings. The summed E-state index contributed by atoms with van der Waals surface area (Å²) in [5.74, 6) is -0.377. The first-order valence-corrected chi connectivity index (χ1v) is 6.55. The summed E-state index contributed by atoms with van der Waals surface area (Å²) in [4.78, 5) is 23.1. The Morgan fingerprint density at radius 3 is 2.37 bits per heavy atom. The van der Waals surface area contributed by atoms with Crippen molar-refractivity contribution in [2.75, 3.05) is 13.2 Å². The zero-order chi connectivity index (χ0) is 14.3. The molecule has 0 heterocycles. The minimum atomic E-state index is -0.410. The van der Waals surface area contributed by atoms with Gasteiger partial charge in [0, 0.05) is 5.56 Å². The highest BCUT2D eigenvalue weighted by Gasteiger charge is 2.09.